The van der Waals surface area contributed by atoms with Crippen molar-refractivity contribution >= 4 is 11.6 Å². The van der Waals surface area contributed by atoms with E-state index < -0.39 is 22.3 Å². The largest absolute Gasteiger partial charge is 0.484 e. The third kappa shape index (κ3) is 4.59. The number of nitro benzene ring substituents is 1. The molecule has 0 aliphatic heterocycles. The molecule has 0 aliphatic rings. The van der Waals surface area contributed by atoms with Crippen LogP contribution in [0.2, 0.25) is 0 Å². The van der Waals surface area contributed by atoms with Crippen molar-refractivity contribution in [3.8, 4) is 11.8 Å². The van der Waals surface area contributed by atoms with E-state index in [1.165, 1.54) is 6.07 Å². The smallest absolute Gasteiger partial charge is 0.305 e. The second-order valence-corrected chi connectivity index (χ2v) is 3.42. The minimum atomic E-state index is -1.03. The van der Waals surface area contributed by atoms with E-state index in [1.54, 1.807) is 0 Å². The highest BCUT2D eigenvalue weighted by Gasteiger charge is 2.14. The Bertz CT molecular complexity index is 527. The number of carbonyl (C=O) groups excluding carboxylic acids is 1. The average molecular weight is 267 g/mol. The van der Waals surface area contributed by atoms with Crippen molar-refractivity contribution in [1.29, 1.82) is 5.26 Å². The molecule has 0 radical (unpaired) electrons. The first kappa shape index (κ1) is 14.4. The maximum absolute atomic E-state index is 13.2. The molecule has 1 aromatic carbocycles. The summed E-state index contributed by atoms with van der Waals surface area (Å²) in [6.07, 6.45) is 0.178. The summed E-state index contributed by atoms with van der Waals surface area (Å²) in [4.78, 5) is 20.7. The van der Waals surface area contributed by atoms with Gasteiger partial charge in [0.05, 0.1) is 17.4 Å². The van der Waals surface area contributed by atoms with Gasteiger partial charge in [0, 0.05) is 18.7 Å². The molecule has 1 aromatic rings. The molecule has 1 rings (SSSR count). The van der Waals surface area contributed by atoms with E-state index in [0.29, 0.717) is 0 Å². The number of hydrogen-bond donors (Lipinski definition) is 1. The zero-order valence-electron chi connectivity index (χ0n) is 9.76. The second kappa shape index (κ2) is 6.90. The molecule has 0 fully saturated rings. The molecule has 0 aliphatic carbocycles. The lowest BCUT2D eigenvalue weighted by Gasteiger charge is -2.06. The molecule has 0 bridgehead atoms. The van der Waals surface area contributed by atoms with Gasteiger partial charge in [0.1, 0.15) is 5.75 Å². The first-order valence-corrected chi connectivity index (χ1v) is 5.25. The third-order valence-corrected chi connectivity index (χ3v) is 2.04. The van der Waals surface area contributed by atoms with Gasteiger partial charge in [-0.3, -0.25) is 14.9 Å². The number of carbonyl (C=O) groups is 1. The molecule has 0 saturated carbocycles. The number of rotatable bonds is 6. The predicted molar refractivity (Wildman–Crippen MR) is 61.8 cm³/mol. The Morgan fingerprint density at radius 1 is 1.58 bits per heavy atom. The molecule has 0 aromatic heterocycles. The van der Waals surface area contributed by atoms with Crippen LogP contribution in [0.25, 0.3) is 0 Å². The lowest BCUT2D eigenvalue weighted by atomic mass is 10.3. The molecule has 7 nitrogen and oxygen atoms in total. The van der Waals surface area contributed by atoms with Crippen LogP contribution in [0, 0.1) is 27.3 Å². The molecular weight excluding hydrogens is 257 g/mol. The molecule has 0 atom stereocenters. The van der Waals surface area contributed by atoms with Crippen LogP contribution in [0.5, 0.6) is 5.75 Å². The lowest BCUT2D eigenvalue weighted by Crippen LogP contribution is -2.29. The fraction of sp³-hybridized carbons (Fsp3) is 0.273. The molecule has 8 heteroatoms. The summed E-state index contributed by atoms with van der Waals surface area (Å²) in [5.74, 6) is -1.49. The number of benzene rings is 1. The minimum Gasteiger partial charge on any atom is -0.484 e. The minimum absolute atomic E-state index is 0.0125. The summed E-state index contributed by atoms with van der Waals surface area (Å²) in [7, 11) is 0. The van der Waals surface area contributed by atoms with E-state index in [4.69, 9.17) is 10.00 Å². The van der Waals surface area contributed by atoms with Gasteiger partial charge in [-0.25, -0.2) is 0 Å². The molecule has 0 saturated heterocycles. The number of ether oxygens (including phenoxy) is 1. The Kier molecular flexibility index (Phi) is 5.22. The zero-order chi connectivity index (χ0) is 14.3. The Hall–Kier alpha value is -2.69. The van der Waals surface area contributed by atoms with E-state index in [1.807, 2.05) is 6.07 Å². The van der Waals surface area contributed by atoms with Crippen LogP contribution in [0.1, 0.15) is 6.42 Å². The van der Waals surface area contributed by atoms with Gasteiger partial charge in [0.15, 0.2) is 6.61 Å². The van der Waals surface area contributed by atoms with Crippen LogP contribution in [0.4, 0.5) is 10.1 Å². The van der Waals surface area contributed by atoms with E-state index in [9.17, 15) is 19.3 Å². The summed E-state index contributed by atoms with van der Waals surface area (Å²) < 4.78 is 18.2. The Morgan fingerprint density at radius 3 is 2.89 bits per heavy atom. The summed E-state index contributed by atoms with van der Waals surface area (Å²) in [6.45, 7) is -0.157. The van der Waals surface area contributed by atoms with Crippen molar-refractivity contribution < 1.29 is 18.8 Å². The maximum atomic E-state index is 13.2. The number of nitrogens with zero attached hydrogens (tertiary/aromatic N) is 2. The van der Waals surface area contributed by atoms with Gasteiger partial charge in [-0.1, -0.05) is 0 Å². The van der Waals surface area contributed by atoms with Gasteiger partial charge in [0.2, 0.25) is 5.82 Å². The summed E-state index contributed by atoms with van der Waals surface area (Å²) in [5.41, 5.74) is -0.661. The second-order valence-electron chi connectivity index (χ2n) is 3.42. The number of halogens is 1. The van der Waals surface area contributed by atoms with E-state index >= 15 is 0 Å². The average Bonchev–Trinajstić information content (AvgIpc) is 2.36. The fourth-order valence-electron chi connectivity index (χ4n) is 1.18. The quantitative estimate of drug-likeness (QED) is 0.472. The lowest BCUT2D eigenvalue weighted by molar-refractivity contribution is -0.387. The van der Waals surface area contributed by atoms with Gasteiger partial charge in [-0.05, 0) is 6.07 Å². The van der Waals surface area contributed by atoms with Crippen LogP contribution in [-0.4, -0.2) is 24.0 Å². The molecule has 0 heterocycles. The highest BCUT2D eigenvalue weighted by Crippen LogP contribution is 2.22. The van der Waals surface area contributed by atoms with Crippen molar-refractivity contribution in [2.45, 2.75) is 6.42 Å². The number of nitrogens with one attached hydrogen (secondary N) is 1. The molecule has 1 N–H and O–H groups in total. The van der Waals surface area contributed by atoms with Crippen LogP contribution >= 0.6 is 0 Å². The van der Waals surface area contributed by atoms with Crippen LogP contribution in [0.15, 0.2) is 18.2 Å². The Balaban J connectivity index is 2.50. The highest BCUT2D eigenvalue weighted by atomic mass is 19.1. The van der Waals surface area contributed by atoms with Crippen molar-refractivity contribution in [2.24, 2.45) is 0 Å². The van der Waals surface area contributed by atoms with Crippen molar-refractivity contribution in [2.75, 3.05) is 13.2 Å². The van der Waals surface area contributed by atoms with Crippen LogP contribution in [0.3, 0.4) is 0 Å². The predicted octanol–water partition coefficient (Wildman–Crippen LogP) is 1.14. The molecular formula is C11H10FN3O4. The van der Waals surface area contributed by atoms with Crippen LogP contribution in [-0.2, 0) is 4.79 Å². The van der Waals surface area contributed by atoms with Crippen molar-refractivity contribution in [3.05, 3.63) is 34.1 Å². The number of nitro groups is 1. The maximum Gasteiger partial charge on any atom is 0.305 e. The van der Waals surface area contributed by atoms with E-state index in [-0.39, 0.29) is 25.3 Å². The van der Waals surface area contributed by atoms with Gasteiger partial charge in [-0.15, -0.1) is 0 Å². The highest BCUT2D eigenvalue weighted by molar-refractivity contribution is 5.77. The number of amides is 1. The van der Waals surface area contributed by atoms with E-state index in [2.05, 4.69) is 5.32 Å². The van der Waals surface area contributed by atoms with E-state index in [0.717, 1.165) is 12.1 Å². The first-order valence-electron chi connectivity index (χ1n) is 5.25. The standard InChI is InChI=1S/C11H10FN3O4/c12-9-6-8(2-3-10(9)15(17)18)19-7-11(16)14-5-1-4-13/h2-3,6H,1,5,7H2,(H,14,16). The Morgan fingerprint density at radius 2 is 2.32 bits per heavy atom. The summed E-state index contributed by atoms with van der Waals surface area (Å²) >= 11 is 0. The molecule has 100 valence electrons. The molecule has 1 amide bonds. The van der Waals surface area contributed by atoms with Crippen molar-refractivity contribution in [3.63, 3.8) is 0 Å². The van der Waals surface area contributed by atoms with Gasteiger partial charge in [-0.2, -0.15) is 9.65 Å². The summed E-state index contributed by atoms with van der Waals surface area (Å²) in [5, 5.41) is 21.0. The SMILES string of the molecule is N#CCCNC(=O)COc1ccc([N+](=O)[O-])c(F)c1. The topological polar surface area (TPSA) is 105 Å². The molecule has 0 unspecified atom stereocenters. The van der Waals surface area contributed by atoms with Gasteiger partial charge < -0.3 is 10.1 Å². The first-order chi connectivity index (χ1) is 9.04. The number of hydrogen-bond acceptors (Lipinski definition) is 5. The van der Waals surface area contributed by atoms with Gasteiger partial charge in [0.25, 0.3) is 5.91 Å². The monoisotopic (exact) mass is 267 g/mol. The fourth-order valence-corrected chi connectivity index (χ4v) is 1.18. The summed E-state index contributed by atoms with van der Waals surface area (Å²) in [6, 6.07) is 4.84. The Labute approximate surface area is 107 Å². The zero-order valence-corrected chi connectivity index (χ0v) is 9.76. The van der Waals surface area contributed by atoms with Gasteiger partial charge >= 0.3 is 5.69 Å². The third-order valence-electron chi connectivity index (χ3n) is 2.04. The normalized spacial score (nSPS) is 9.47. The van der Waals surface area contributed by atoms with Crippen molar-refractivity contribution in [1.82, 2.24) is 5.32 Å². The van der Waals surface area contributed by atoms with Crippen LogP contribution < -0.4 is 10.1 Å². The molecule has 19 heavy (non-hydrogen) atoms. The molecule has 0 spiro atoms. The number of nitriles is 1.